The Labute approximate surface area is 122 Å². The van der Waals surface area contributed by atoms with Crippen LogP contribution in [0.25, 0.3) is 27.7 Å². The Morgan fingerprint density at radius 2 is 1.67 bits per heavy atom. The molecule has 0 unspecified atom stereocenters. The lowest BCUT2D eigenvalue weighted by Crippen LogP contribution is -1.95. The molecule has 0 aliphatic carbocycles. The molecular weight excluding hydrogens is 258 g/mol. The molecule has 0 atom stereocenters. The van der Waals surface area contributed by atoms with Gasteiger partial charge in [-0.3, -0.25) is 0 Å². The quantitative estimate of drug-likeness (QED) is 0.550. The van der Waals surface area contributed by atoms with E-state index in [1.165, 1.54) is 16.3 Å². The second-order valence-corrected chi connectivity index (χ2v) is 4.89. The minimum absolute atomic E-state index is 0.823. The second kappa shape index (κ2) is 4.87. The van der Waals surface area contributed by atoms with Gasteiger partial charge in [-0.15, -0.1) is 0 Å². The first-order valence-corrected chi connectivity index (χ1v) is 6.86. The van der Waals surface area contributed by atoms with E-state index in [0.717, 1.165) is 11.4 Å². The van der Waals surface area contributed by atoms with Crippen molar-refractivity contribution in [1.29, 1.82) is 0 Å². The second-order valence-electron chi connectivity index (χ2n) is 4.89. The zero-order valence-electron chi connectivity index (χ0n) is 11.3. The van der Waals surface area contributed by atoms with E-state index in [1.807, 2.05) is 30.6 Å². The lowest BCUT2D eigenvalue weighted by molar-refractivity contribution is 0.847. The van der Waals surface area contributed by atoms with Crippen molar-refractivity contribution >= 4 is 10.8 Å². The maximum Gasteiger partial charge on any atom is 0.153 e. The predicted octanol–water partition coefficient (Wildman–Crippen LogP) is 4.09. The Kier molecular flexibility index (Phi) is 2.75. The van der Waals surface area contributed by atoms with Crippen molar-refractivity contribution in [3.8, 4) is 16.9 Å². The van der Waals surface area contributed by atoms with Crippen LogP contribution >= 0.6 is 0 Å². The Morgan fingerprint density at radius 1 is 0.810 bits per heavy atom. The molecule has 0 radical (unpaired) electrons. The van der Waals surface area contributed by atoms with E-state index >= 15 is 0 Å². The average Bonchev–Trinajstić information content (AvgIpc) is 3.05. The molecule has 0 fully saturated rings. The number of fused-ring (bicyclic) bond motifs is 1. The highest BCUT2D eigenvalue weighted by Gasteiger charge is 2.07. The van der Waals surface area contributed by atoms with Crippen LogP contribution in [0.4, 0.5) is 0 Å². The highest BCUT2D eigenvalue weighted by Crippen LogP contribution is 2.28. The van der Waals surface area contributed by atoms with Crippen molar-refractivity contribution in [3.63, 3.8) is 0 Å². The van der Waals surface area contributed by atoms with Gasteiger partial charge in [0.05, 0.1) is 6.20 Å². The van der Waals surface area contributed by atoms with E-state index in [-0.39, 0.29) is 0 Å². The van der Waals surface area contributed by atoms with E-state index in [0.29, 0.717) is 0 Å². The van der Waals surface area contributed by atoms with Gasteiger partial charge in [0.1, 0.15) is 0 Å². The van der Waals surface area contributed by atoms with Crippen LogP contribution in [0.2, 0.25) is 0 Å². The smallest absolute Gasteiger partial charge is 0.153 e. The summed E-state index contributed by atoms with van der Waals surface area (Å²) in [5.74, 6) is 0.823. The molecule has 0 saturated heterocycles. The van der Waals surface area contributed by atoms with Gasteiger partial charge in [0, 0.05) is 18.0 Å². The molecule has 0 amide bonds. The summed E-state index contributed by atoms with van der Waals surface area (Å²) in [6, 6.07) is 20.5. The number of pyridine rings is 1. The van der Waals surface area contributed by atoms with E-state index in [4.69, 9.17) is 0 Å². The van der Waals surface area contributed by atoms with Crippen molar-refractivity contribution in [1.82, 2.24) is 14.8 Å². The molecule has 3 heteroatoms. The van der Waals surface area contributed by atoms with E-state index in [9.17, 15) is 0 Å². The lowest BCUT2D eigenvalue weighted by Gasteiger charge is -2.04. The van der Waals surface area contributed by atoms with Gasteiger partial charge in [-0.2, -0.15) is 5.10 Å². The SMILES string of the molecule is c1ccc(-n2cc(-c3cccc4ccccc34)cn2)nc1. The Balaban J connectivity index is 1.85. The maximum atomic E-state index is 4.42. The van der Waals surface area contributed by atoms with Crippen LogP contribution in [0.3, 0.4) is 0 Å². The lowest BCUT2D eigenvalue weighted by atomic mass is 10.0. The fraction of sp³-hybridized carbons (Fsp3) is 0. The van der Waals surface area contributed by atoms with Crippen LogP contribution in [0.5, 0.6) is 0 Å². The first kappa shape index (κ1) is 11.9. The molecule has 4 rings (SSSR count). The zero-order valence-corrected chi connectivity index (χ0v) is 11.3. The van der Waals surface area contributed by atoms with Gasteiger partial charge in [0.15, 0.2) is 5.82 Å². The van der Waals surface area contributed by atoms with Crippen molar-refractivity contribution < 1.29 is 0 Å². The maximum absolute atomic E-state index is 4.42. The monoisotopic (exact) mass is 271 g/mol. The summed E-state index contributed by atoms with van der Waals surface area (Å²) < 4.78 is 1.80. The summed E-state index contributed by atoms with van der Waals surface area (Å²) in [5, 5.41) is 6.90. The fourth-order valence-corrected chi connectivity index (χ4v) is 2.55. The van der Waals surface area contributed by atoms with Crippen molar-refractivity contribution in [3.05, 3.63) is 79.3 Å². The molecule has 100 valence electrons. The standard InChI is InChI=1S/C18H13N3/c1-2-8-16-14(6-1)7-5-9-17(16)15-12-20-21(13-15)18-10-3-4-11-19-18/h1-13H. The number of hydrogen-bond acceptors (Lipinski definition) is 2. The molecule has 0 bridgehead atoms. The third-order valence-corrected chi connectivity index (χ3v) is 3.57. The van der Waals surface area contributed by atoms with Crippen LogP contribution in [-0.4, -0.2) is 14.8 Å². The van der Waals surface area contributed by atoms with Crippen LogP contribution in [0.15, 0.2) is 79.3 Å². The summed E-state index contributed by atoms with van der Waals surface area (Å²) >= 11 is 0. The summed E-state index contributed by atoms with van der Waals surface area (Å²) in [7, 11) is 0. The van der Waals surface area contributed by atoms with Crippen LogP contribution in [-0.2, 0) is 0 Å². The molecule has 0 aliphatic rings. The molecule has 4 aromatic rings. The molecule has 3 nitrogen and oxygen atoms in total. The van der Waals surface area contributed by atoms with Gasteiger partial charge in [-0.1, -0.05) is 48.5 Å². The summed E-state index contributed by atoms with van der Waals surface area (Å²) in [6.07, 6.45) is 5.68. The molecular formula is C18H13N3. The number of rotatable bonds is 2. The zero-order chi connectivity index (χ0) is 14.1. The first-order chi connectivity index (χ1) is 10.4. The van der Waals surface area contributed by atoms with Gasteiger partial charge >= 0.3 is 0 Å². The summed E-state index contributed by atoms with van der Waals surface area (Å²) in [6.45, 7) is 0. The Morgan fingerprint density at radius 3 is 2.57 bits per heavy atom. The third-order valence-electron chi connectivity index (χ3n) is 3.57. The van der Waals surface area contributed by atoms with Gasteiger partial charge in [-0.05, 0) is 28.5 Å². The molecule has 0 aliphatic heterocycles. The molecule has 0 spiro atoms. The molecule has 0 saturated carbocycles. The molecule has 21 heavy (non-hydrogen) atoms. The van der Waals surface area contributed by atoms with E-state index < -0.39 is 0 Å². The number of hydrogen-bond donors (Lipinski definition) is 0. The average molecular weight is 271 g/mol. The van der Waals surface area contributed by atoms with Crippen LogP contribution in [0.1, 0.15) is 0 Å². The van der Waals surface area contributed by atoms with Crippen LogP contribution < -0.4 is 0 Å². The molecule has 2 aromatic heterocycles. The van der Waals surface area contributed by atoms with E-state index in [2.05, 4.69) is 52.5 Å². The van der Waals surface area contributed by atoms with Gasteiger partial charge in [0.2, 0.25) is 0 Å². The predicted molar refractivity (Wildman–Crippen MR) is 84.3 cm³/mol. The fourth-order valence-electron chi connectivity index (χ4n) is 2.55. The first-order valence-electron chi connectivity index (χ1n) is 6.86. The topological polar surface area (TPSA) is 30.7 Å². The largest absolute Gasteiger partial charge is 0.237 e. The molecule has 2 heterocycles. The number of nitrogens with zero attached hydrogens (tertiary/aromatic N) is 3. The van der Waals surface area contributed by atoms with Crippen LogP contribution in [0, 0.1) is 0 Å². The van der Waals surface area contributed by atoms with Crippen molar-refractivity contribution in [2.24, 2.45) is 0 Å². The molecule has 0 N–H and O–H groups in total. The van der Waals surface area contributed by atoms with Gasteiger partial charge in [-0.25, -0.2) is 9.67 Å². The van der Waals surface area contributed by atoms with Crippen molar-refractivity contribution in [2.75, 3.05) is 0 Å². The Hall–Kier alpha value is -2.94. The summed E-state index contributed by atoms with van der Waals surface area (Å²) in [4.78, 5) is 4.32. The summed E-state index contributed by atoms with van der Waals surface area (Å²) in [5.41, 5.74) is 2.28. The molecule has 2 aromatic carbocycles. The number of aromatic nitrogens is 3. The van der Waals surface area contributed by atoms with Gasteiger partial charge < -0.3 is 0 Å². The number of benzene rings is 2. The van der Waals surface area contributed by atoms with E-state index in [1.54, 1.807) is 10.9 Å². The van der Waals surface area contributed by atoms with Gasteiger partial charge in [0.25, 0.3) is 0 Å². The minimum atomic E-state index is 0.823. The third kappa shape index (κ3) is 2.09. The highest BCUT2D eigenvalue weighted by atomic mass is 15.3. The minimum Gasteiger partial charge on any atom is -0.237 e. The van der Waals surface area contributed by atoms with Crippen molar-refractivity contribution in [2.45, 2.75) is 0 Å². The Bertz CT molecular complexity index is 889. The normalized spacial score (nSPS) is 10.9. The highest BCUT2D eigenvalue weighted by molar-refractivity contribution is 5.96.